The Morgan fingerprint density at radius 1 is 1.36 bits per heavy atom. The van der Waals surface area contributed by atoms with Crippen molar-refractivity contribution < 1.29 is 19.7 Å². The van der Waals surface area contributed by atoms with Crippen LogP contribution >= 0.6 is 0 Å². The van der Waals surface area contributed by atoms with E-state index in [-0.39, 0.29) is 5.97 Å². The number of esters is 1. The Kier molecular flexibility index (Phi) is 6.49. The summed E-state index contributed by atoms with van der Waals surface area (Å²) >= 11 is 0. The summed E-state index contributed by atoms with van der Waals surface area (Å²) < 4.78 is 4.78. The summed E-state index contributed by atoms with van der Waals surface area (Å²) in [7, 11) is 0. The Hall–Kier alpha value is -0.610. The molecule has 0 unspecified atom stereocenters. The Bertz CT molecular complexity index is 166. The van der Waals surface area contributed by atoms with Gasteiger partial charge in [-0.2, -0.15) is 0 Å². The smallest absolute Gasteiger partial charge is 0.305 e. The van der Waals surface area contributed by atoms with Gasteiger partial charge in [-0.3, -0.25) is 10.1 Å². The van der Waals surface area contributed by atoms with Crippen molar-refractivity contribution in [3.05, 3.63) is 0 Å². The van der Waals surface area contributed by atoms with Crippen molar-refractivity contribution in [3.8, 4) is 0 Å². The van der Waals surface area contributed by atoms with Gasteiger partial charge >= 0.3 is 5.97 Å². The van der Waals surface area contributed by atoms with Gasteiger partial charge in [-0.05, 0) is 40.0 Å². The van der Waals surface area contributed by atoms with Crippen LogP contribution in [0.1, 0.15) is 46.5 Å². The third kappa shape index (κ3) is 6.86. The van der Waals surface area contributed by atoms with Crippen LogP contribution in [0.5, 0.6) is 0 Å². The van der Waals surface area contributed by atoms with Crippen LogP contribution in [-0.2, 0) is 14.4 Å². The van der Waals surface area contributed by atoms with Gasteiger partial charge in [0.05, 0.1) is 12.2 Å². The molecule has 0 aliphatic rings. The van der Waals surface area contributed by atoms with E-state index in [4.69, 9.17) is 9.99 Å². The first-order valence-corrected chi connectivity index (χ1v) is 5.00. The van der Waals surface area contributed by atoms with Crippen LogP contribution in [0, 0.1) is 0 Å². The van der Waals surface area contributed by atoms with E-state index in [0.29, 0.717) is 13.0 Å². The highest BCUT2D eigenvalue weighted by molar-refractivity contribution is 5.69. The molecular formula is C10H20O4. The maximum atomic E-state index is 10.9. The van der Waals surface area contributed by atoms with Gasteiger partial charge in [0.15, 0.2) is 0 Å². The SMILES string of the molecule is CCOC(=O)CCCCC(C)(C)OO. The summed E-state index contributed by atoms with van der Waals surface area (Å²) in [4.78, 5) is 15.2. The van der Waals surface area contributed by atoms with Gasteiger partial charge < -0.3 is 4.74 Å². The molecular weight excluding hydrogens is 184 g/mol. The lowest BCUT2D eigenvalue weighted by molar-refractivity contribution is -0.314. The molecule has 0 radical (unpaired) electrons. The van der Waals surface area contributed by atoms with Crippen LogP contribution in [0.4, 0.5) is 0 Å². The lowest BCUT2D eigenvalue weighted by Gasteiger charge is -2.19. The molecule has 14 heavy (non-hydrogen) atoms. The lowest BCUT2D eigenvalue weighted by Crippen LogP contribution is -2.22. The average Bonchev–Trinajstić information content (AvgIpc) is 2.13. The maximum absolute atomic E-state index is 10.9. The van der Waals surface area contributed by atoms with Crippen LogP contribution in [0.15, 0.2) is 0 Å². The molecule has 0 bridgehead atoms. The number of ether oxygens (including phenoxy) is 1. The third-order valence-electron chi connectivity index (χ3n) is 1.96. The first kappa shape index (κ1) is 13.4. The molecule has 0 saturated heterocycles. The summed E-state index contributed by atoms with van der Waals surface area (Å²) in [6, 6.07) is 0. The predicted octanol–water partition coefficient (Wildman–Crippen LogP) is 2.38. The third-order valence-corrected chi connectivity index (χ3v) is 1.96. The molecule has 84 valence electrons. The molecule has 0 aromatic rings. The van der Waals surface area contributed by atoms with E-state index in [0.717, 1.165) is 19.3 Å². The highest BCUT2D eigenvalue weighted by atomic mass is 17.1. The van der Waals surface area contributed by atoms with Gasteiger partial charge in [-0.1, -0.05) is 0 Å². The van der Waals surface area contributed by atoms with Crippen molar-refractivity contribution in [3.63, 3.8) is 0 Å². The second-order valence-corrected chi connectivity index (χ2v) is 3.86. The average molecular weight is 204 g/mol. The van der Waals surface area contributed by atoms with Gasteiger partial charge in [-0.25, -0.2) is 4.89 Å². The van der Waals surface area contributed by atoms with Crippen LogP contribution < -0.4 is 0 Å². The van der Waals surface area contributed by atoms with Gasteiger partial charge in [-0.15, -0.1) is 0 Å². The summed E-state index contributed by atoms with van der Waals surface area (Å²) in [5.41, 5.74) is -0.519. The van der Waals surface area contributed by atoms with Gasteiger partial charge in [0.1, 0.15) is 0 Å². The van der Waals surface area contributed by atoms with Gasteiger partial charge in [0.25, 0.3) is 0 Å². The van der Waals surface area contributed by atoms with E-state index < -0.39 is 5.60 Å². The number of hydrogen-bond donors (Lipinski definition) is 1. The summed E-state index contributed by atoms with van der Waals surface area (Å²) in [5.74, 6) is -0.157. The topological polar surface area (TPSA) is 55.8 Å². The summed E-state index contributed by atoms with van der Waals surface area (Å²) in [5, 5.41) is 8.50. The number of hydrogen-bond acceptors (Lipinski definition) is 4. The van der Waals surface area contributed by atoms with Gasteiger partial charge in [0.2, 0.25) is 0 Å². The monoisotopic (exact) mass is 204 g/mol. The minimum Gasteiger partial charge on any atom is -0.466 e. The molecule has 0 amide bonds. The van der Waals surface area contributed by atoms with E-state index in [1.165, 1.54) is 0 Å². The second-order valence-electron chi connectivity index (χ2n) is 3.86. The van der Waals surface area contributed by atoms with Gasteiger partial charge in [0, 0.05) is 6.42 Å². The van der Waals surface area contributed by atoms with Crippen molar-refractivity contribution in [2.75, 3.05) is 6.61 Å². The number of rotatable bonds is 7. The Morgan fingerprint density at radius 2 is 2.00 bits per heavy atom. The van der Waals surface area contributed by atoms with Crippen LogP contribution in [-0.4, -0.2) is 23.4 Å². The Labute approximate surface area is 85.1 Å². The highest BCUT2D eigenvalue weighted by Crippen LogP contribution is 2.17. The lowest BCUT2D eigenvalue weighted by atomic mass is 10.0. The van der Waals surface area contributed by atoms with Crippen molar-refractivity contribution in [2.45, 2.75) is 52.1 Å². The minimum absolute atomic E-state index is 0.157. The summed E-state index contributed by atoms with van der Waals surface area (Å²) in [6.45, 7) is 5.83. The fourth-order valence-corrected chi connectivity index (χ4v) is 1.10. The molecule has 4 heteroatoms. The fraction of sp³-hybridized carbons (Fsp3) is 0.900. The number of unbranched alkanes of at least 4 members (excludes halogenated alkanes) is 1. The van der Waals surface area contributed by atoms with E-state index in [1.54, 1.807) is 20.8 Å². The normalized spacial score (nSPS) is 11.4. The minimum atomic E-state index is -0.519. The Morgan fingerprint density at radius 3 is 2.50 bits per heavy atom. The van der Waals surface area contributed by atoms with Crippen molar-refractivity contribution >= 4 is 5.97 Å². The molecule has 0 aliphatic carbocycles. The Balaban J connectivity index is 3.42. The van der Waals surface area contributed by atoms with Crippen molar-refractivity contribution in [1.82, 2.24) is 0 Å². The molecule has 0 fully saturated rings. The molecule has 1 N–H and O–H groups in total. The number of carbonyl (C=O) groups is 1. The molecule has 0 aromatic heterocycles. The van der Waals surface area contributed by atoms with Crippen LogP contribution in [0.25, 0.3) is 0 Å². The molecule has 4 nitrogen and oxygen atoms in total. The maximum Gasteiger partial charge on any atom is 0.305 e. The number of carbonyl (C=O) groups excluding carboxylic acids is 1. The van der Waals surface area contributed by atoms with Crippen LogP contribution in [0.3, 0.4) is 0 Å². The zero-order valence-corrected chi connectivity index (χ0v) is 9.21. The molecule has 0 heterocycles. The van der Waals surface area contributed by atoms with E-state index in [1.807, 2.05) is 0 Å². The molecule has 0 aromatic carbocycles. The molecule has 0 saturated carbocycles. The van der Waals surface area contributed by atoms with E-state index in [9.17, 15) is 4.79 Å². The first-order valence-electron chi connectivity index (χ1n) is 5.00. The predicted molar refractivity (Wildman–Crippen MR) is 52.9 cm³/mol. The highest BCUT2D eigenvalue weighted by Gasteiger charge is 2.17. The van der Waals surface area contributed by atoms with E-state index >= 15 is 0 Å². The standard InChI is InChI=1S/C10H20O4/c1-4-13-9(11)7-5-6-8-10(2,3)14-12/h12H,4-8H2,1-3H3. The quantitative estimate of drug-likeness (QED) is 0.299. The van der Waals surface area contributed by atoms with Crippen LogP contribution in [0.2, 0.25) is 0 Å². The van der Waals surface area contributed by atoms with E-state index in [2.05, 4.69) is 4.89 Å². The molecule has 0 aliphatic heterocycles. The van der Waals surface area contributed by atoms with Crippen molar-refractivity contribution in [1.29, 1.82) is 0 Å². The summed E-state index contributed by atoms with van der Waals surface area (Å²) in [6.07, 6.45) is 2.77. The second kappa shape index (κ2) is 6.79. The first-order chi connectivity index (χ1) is 6.52. The fourth-order valence-electron chi connectivity index (χ4n) is 1.10. The molecule has 0 spiro atoms. The zero-order valence-electron chi connectivity index (χ0n) is 9.21. The van der Waals surface area contributed by atoms with Crippen molar-refractivity contribution in [2.24, 2.45) is 0 Å². The zero-order chi connectivity index (χ0) is 11.0. The largest absolute Gasteiger partial charge is 0.466 e. The molecule has 0 rings (SSSR count). The molecule has 0 atom stereocenters.